The quantitative estimate of drug-likeness (QED) is 0.694. The molecule has 7 nitrogen and oxygen atoms in total. The predicted octanol–water partition coefficient (Wildman–Crippen LogP) is 3.24. The first-order chi connectivity index (χ1) is 13.6. The fourth-order valence-corrected chi connectivity index (χ4v) is 3.60. The molecule has 0 aliphatic carbocycles. The summed E-state index contributed by atoms with van der Waals surface area (Å²) < 4.78 is 5.48. The lowest BCUT2D eigenvalue weighted by atomic mass is 9.94. The molecule has 28 heavy (non-hydrogen) atoms. The van der Waals surface area contributed by atoms with Gasteiger partial charge in [-0.2, -0.15) is 4.98 Å². The number of nitrogens with zero attached hydrogens (tertiary/aromatic N) is 5. The molecule has 3 heterocycles. The molecular weight excluding hydrogens is 354 g/mol. The van der Waals surface area contributed by atoms with Gasteiger partial charge in [-0.25, -0.2) is 4.98 Å². The molecule has 1 amide bonds. The van der Waals surface area contributed by atoms with Crippen LogP contribution in [-0.4, -0.2) is 44.0 Å². The maximum atomic E-state index is 12.7. The lowest BCUT2D eigenvalue weighted by Crippen LogP contribution is -2.41. The number of carbonyl (C=O) groups excluding carboxylic acids is 1. The topological polar surface area (TPSA) is 85.0 Å². The molecule has 0 N–H and O–H groups in total. The van der Waals surface area contributed by atoms with Crippen LogP contribution in [0.3, 0.4) is 0 Å². The van der Waals surface area contributed by atoms with Crippen LogP contribution in [0.25, 0.3) is 11.4 Å². The summed E-state index contributed by atoms with van der Waals surface area (Å²) in [6, 6.07) is 7.99. The van der Waals surface area contributed by atoms with E-state index in [2.05, 4.69) is 20.1 Å². The molecule has 4 rings (SSSR count). The zero-order valence-electron chi connectivity index (χ0n) is 16.1. The number of piperidine rings is 1. The van der Waals surface area contributed by atoms with Gasteiger partial charge in [-0.1, -0.05) is 29.4 Å². The second kappa shape index (κ2) is 7.88. The van der Waals surface area contributed by atoms with Crippen molar-refractivity contribution in [3.63, 3.8) is 0 Å². The number of amides is 1. The largest absolute Gasteiger partial charge is 0.339 e. The van der Waals surface area contributed by atoms with Crippen LogP contribution in [-0.2, 0) is 6.42 Å². The third-order valence-corrected chi connectivity index (χ3v) is 5.12. The SMILES string of the molecule is Cc1cnc(C(=O)N2CCCC(Cc3nc(-c4ccccc4C)no3)C2)cn1. The van der Waals surface area contributed by atoms with Gasteiger partial charge in [0, 0.05) is 31.3 Å². The molecule has 2 aromatic heterocycles. The number of rotatable bonds is 4. The summed E-state index contributed by atoms with van der Waals surface area (Å²) in [4.78, 5) is 27.5. The van der Waals surface area contributed by atoms with Crippen molar-refractivity contribution in [1.82, 2.24) is 25.0 Å². The molecule has 1 aromatic carbocycles. The van der Waals surface area contributed by atoms with E-state index in [1.54, 1.807) is 12.4 Å². The average molecular weight is 377 g/mol. The second-order valence-electron chi connectivity index (χ2n) is 7.33. The van der Waals surface area contributed by atoms with Crippen LogP contribution >= 0.6 is 0 Å². The molecule has 1 atom stereocenters. The normalized spacial score (nSPS) is 16.9. The van der Waals surface area contributed by atoms with Crippen molar-refractivity contribution in [2.24, 2.45) is 5.92 Å². The highest BCUT2D eigenvalue weighted by molar-refractivity contribution is 5.92. The van der Waals surface area contributed by atoms with Gasteiger partial charge in [0.05, 0.1) is 11.9 Å². The number of aryl methyl sites for hydroxylation is 2. The molecule has 3 aromatic rings. The Hall–Kier alpha value is -3.09. The van der Waals surface area contributed by atoms with Gasteiger partial charge in [0.1, 0.15) is 5.69 Å². The van der Waals surface area contributed by atoms with Crippen LogP contribution in [0, 0.1) is 19.8 Å². The van der Waals surface area contributed by atoms with Crippen LogP contribution in [0.5, 0.6) is 0 Å². The zero-order chi connectivity index (χ0) is 19.5. The average Bonchev–Trinajstić information content (AvgIpc) is 3.17. The molecule has 7 heteroatoms. The summed E-state index contributed by atoms with van der Waals surface area (Å²) in [7, 11) is 0. The van der Waals surface area contributed by atoms with E-state index in [1.165, 1.54) is 0 Å². The van der Waals surface area contributed by atoms with Crippen molar-refractivity contribution in [3.05, 3.63) is 59.5 Å². The summed E-state index contributed by atoms with van der Waals surface area (Å²) in [5, 5.41) is 4.14. The smallest absolute Gasteiger partial charge is 0.274 e. The fraction of sp³-hybridized carbons (Fsp3) is 0.381. The fourth-order valence-electron chi connectivity index (χ4n) is 3.60. The van der Waals surface area contributed by atoms with Crippen LogP contribution in [0.2, 0.25) is 0 Å². The Morgan fingerprint density at radius 2 is 2.07 bits per heavy atom. The van der Waals surface area contributed by atoms with E-state index in [0.29, 0.717) is 36.3 Å². The first kappa shape index (κ1) is 18.3. The van der Waals surface area contributed by atoms with E-state index in [0.717, 1.165) is 36.2 Å². The Bertz CT molecular complexity index is 967. The van der Waals surface area contributed by atoms with Crippen LogP contribution in [0.15, 0.2) is 41.2 Å². The molecule has 1 aliphatic rings. The standard InChI is InChI=1S/C21H23N5O2/c1-14-6-3-4-8-17(14)20-24-19(28-25-20)10-16-7-5-9-26(13-16)21(27)18-12-22-15(2)11-23-18/h3-4,6,8,11-12,16H,5,7,9-10,13H2,1-2H3. The minimum Gasteiger partial charge on any atom is -0.339 e. The first-order valence-electron chi connectivity index (χ1n) is 9.56. The zero-order valence-corrected chi connectivity index (χ0v) is 16.1. The molecule has 0 spiro atoms. The van der Waals surface area contributed by atoms with Gasteiger partial charge in [0.25, 0.3) is 5.91 Å². The van der Waals surface area contributed by atoms with Crippen molar-refractivity contribution in [2.75, 3.05) is 13.1 Å². The number of hydrogen-bond acceptors (Lipinski definition) is 6. The van der Waals surface area contributed by atoms with Gasteiger partial charge < -0.3 is 9.42 Å². The van der Waals surface area contributed by atoms with Crippen LogP contribution in [0.4, 0.5) is 0 Å². The third-order valence-electron chi connectivity index (χ3n) is 5.12. The second-order valence-corrected chi connectivity index (χ2v) is 7.33. The summed E-state index contributed by atoms with van der Waals surface area (Å²) >= 11 is 0. The maximum Gasteiger partial charge on any atom is 0.274 e. The van der Waals surface area contributed by atoms with Crippen molar-refractivity contribution in [2.45, 2.75) is 33.1 Å². The summed E-state index contributed by atoms with van der Waals surface area (Å²) in [5.74, 6) is 1.46. The number of hydrogen-bond donors (Lipinski definition) is 0. The summed E-state index contributed by atoms with van der Waals surface area (Å²) in [6.45, 7) is 5.29. The van der Waals surface area contributed by atoms with Crippen molar-refractivity contribution in [3.8, 4) is 11.4 Å². The molecule has 144 valence electrons. The molecule has 1 aliphatic heterocycles. The van der Waals surface area contributed by atoms with Crippen molar-refractivity contribution in [1.29, 1.82) is 0 Å². The van der Waals surface area contributed by atoms with E-state index >= 15 is 0 Å². The number of carbonyl (C=O) groups is 1. The van der Waals surface area contributed by atoms with Crippen molar-refractivity contribution >= 4 is 5.91 Å². The predicted molar refractivity (Wildman–Crippen MR) is 104 cm³/mol. The van der Waals surface area contributed by atoms with Gasteiger partial charge >= 0.3 is 0 Å². The van der Waals surface area contributed by atoms with E-state index in [-0.39, 0.29) is 5.91 Å². The molecule has 0 saturated carbocycles. The molecule has 1 saturated heterocycles. The Morgan fingerprint density at radius 3 is 2.86 bits per heavy atom. The monoisotopic (exact) mass is 377 g/mol. The highest BCUT2D eigenvalue weighted by Gasteiger charge is 2.27. The Labute approximate surface area is 163 Å². The minimum absolute atomic E-state index is 0.0664. The van der Waals surface area contributed by atoms with E-state index in [1.807, 2.05) is 43.0 Å². The lowest BCUT2D eigenvalue weighted by molar-refractivity contribution is 0.0661. The van der Waals surface area contributed by atoms with Gasteiger partial charge in [0.15, 0.2) is 0 Å². The highest BCUT2D eigenvalue weighted by atomic mass is 16.5. The Kier molecular flexibility index (Phi) is 5.14. The summed E-state index contributed by atoms with van der Waals surface area (Å²) in [6.07, 6.45) is 5.83. The lowest BCUT2D eigenvalue weighted by Gasteiger charge is -2.31. The molecule has 1 unspecified atom stereocenters. The molecular formula is C21H23N5O2. The van der Waals surface area contributed by atoms with Crippen LogP contribution in [0.1, 0.15) is 40.5 Å². The first-order valence-corrected chi connectivity index (χ1v) is 9.56. The minimum atomic E-state index is -0.0664. The van der Waals surface area contributed by atoms with Gasteiger partial charge in [-0.3, -0.25) is 9.78 Å². The molecule has 0 radical (unpaired) electrons. The van der Waals surface area contributed by atoms with E-state index in [4.69, 9.17) is 4.52 Å². The van der Waals surface area contributed by atoms with E-state index in [9.17, 15) is 4.79 Å². The van der Waals surface area contributed by atoms with Gasteiger partial charge in [-0.05, 0) is 38.2 Å². The molecule has 1 fully saturated rings. The Morgan fingerprint density at radius 1 is 1.21 bits per heavy atom. The Balaban J connectivity index is 1.42. The third kappa shape index (κ3) is 3.93. The van der Waals surface area contributed by atoms with Crippen molar-refractivity contribution < 1.29 is 9.32 Å². The number of aromatic nitrogens is 4. The highest BCUT2D eigenvalue weighted by Crippen LogP contribution is 2.24. The number of likely N-dealkylation sites (tertiary alicyclic amines) is 1. The summed E-state index contributed by atoms with van der Waals surface area (Å²) in [5.41, 5.74) is 3.29. The van der Waals surface area contributed by atoms with Gasteiger partial charge in [0.2, 0.25) is 11.7 Å². The van der Waals surface area contributed by atoms with E-state index < -0.39 is 0 Å². The maximum absolute atomic E-state index is 12.7. The van der Waals surface area contributed by atoms with Gasteiger partial charge in [-0.15, -0.1) is 0 Å². The van der Waals surface area contributed by atoms with Crippen LogP contribution < -0.4 is 0 Å². The molecule has 0 bridgehead atoms. The number of benzene rings is 1.